The highest BCUT2D eigenvalue weighted by molar-refractivity contribution is 6.15. The first-order valence-electron chi connectivity index (χ1n) is 22.2. The summed E-state index contributed by atoms with van der Waals surface area (Å²) >= 11 is 0. The molecule has 13 rings (SSSR count). The lowest BCUT2D eigenvalue weighted by Gasteiger charge is -2.28. The molecular weight excluding hydrogens is 789 g/mol. The summed E-state index contributed by atoms with van der Waals surface area (Å²) in [5.74, 6) is 0. The van der Waals surface area contributed by atoms with Gasteiger partial charge in [-0.25, -0.2) is 0 Å². The van der Waals surface area contributed by atoms with Crippen LogP contribution in [-0.4, -0.2) is 4.57 Å². The third-order valence-electron chi connectivity index (χ3n) is 13.2. The van der Waals surface area contributed by atoms with Crippen LogP contribution in [0.3, 0.4) is 0 Å². The van der Waals surface area contributed by atoms with Crippen molar-refractivity contribution in [1.82, 2.24) is 4.57 Å². The van der Waals surface area contributed by atoms with Crippen molar-refractivity contribution in [1.29, 1.82) is 0 Å². The lowest BCUT2D eigenvalue weighted by molar-refractivity contribution is 0.670. The Morgan fingerprint density at radius 1 is 0.323 bits per heavy atom. The maximum Gasteiger partial charge on any atom is 0.143 e. The fraction of sp³-hybridized carbons (Fsp3) is 0. The maximum absolute atomic E-state index is 6.39. The molecule has 3 nitrogen and oxygen atoms in total. The van der Waals surface area contributed by atoms with E-state index >= 15 is 0 Å². The number of anilines is 3. The monoisotopic (exact) mass is 828 g/mol. The minimum atomic E-state index is 0.910. The van der Waals surface area contributed by atoms with E-state index < -0.39 is 0 Å². The van der Waals surface area contributed by atoms with E-state index in [1.165, 1.54) is 48.9 Å². The van der Waals surface area contributed by atoms with Crippen molar-refractivity contribution < 1.29 is 4.42 Å². The number of fused-ring (bicyclic) bond motifs is 9. The molecule has 2 heterocycles. The van der Waals surface area contributed by atoms with Crippen LogP contribution in [0.1, 0.15) is 0 Å². The maximum atomic E-state index is 6.39. The van der Waals surface area contributed by atoms with Crippen LogP contribution in [0.5, 0.6) is 0 Å². The number of rotatable bonds is 7. The molecule has 65 heavy (non-hydrogen) atoms. The van der Waals surface area contributed by atoms with Gasteiger partial charge in [0.2, 0.25) is 0 Å². The summed E-state index contributed by atoms with van der Waals surface area (Å²) in [6, 6.07) is 87.8. The highest BCUT2D eigenvalue weighted by atomic mass is 16.3. The van der Waals surface area contributed by atoms with Crippen LogP contribution in [0.15, 0.2) is 247 Å². The lowest BCUT2D eigenvalue weighted by atomic mass is 9.97. The van der Waals surface area contributed by atoms with E-state index in [0.717, 1.165) is 72.5 Å². The molecule has 0 spiro atoms. The molecule has 0 bridgehead atoms. The van der Waals surface area contributed by atoms with E-state index in [1.807, 2.05) is 12.1 Å². The second-order valence-electron chi connectivity index (χ2n) is 16.8. The van der Waals surface area contributed by atoms with E-state index in [0.29, 0.717) is 0 Å². The lowest BCUT2D eigenvalue weighted by Crippen LogP contribution is -2.11. The smallest absolute Gasteiger partial charge is 0.143 e. The largest absolute Gasteiger partial charge is 0.455 e. The molecule has 0 N–H and O–H groups in total. The standard InChI is InChI=1S/C62H40N2O/c1-2-18-48-45(15-1)40-60(52-21-4-3-20-51(48)52)63(46-37-35-42(36-38-46)41-31-33-43(34-32-41)50-25-14-26-56-55-24-8-12-30-61(55)65-62(50)56)47-17-13-16-44(39-47)49-19-5-9-27-57(49)64-58-28-10-6-22-53(58)54-23-7-11-29-59(54)64/h1-40H. The van der Waals surface area contributed by atoms with Crippen molar-refractivity contribution in [3.05, 3.63) is 243 Å². The van der Waals surface area contributed by atoms with Gasteiger partial charge in [-0.15, -0.1) is 0 Å². The van der Waals surface area contributed by atoms with Crippen LogP contribution in [0.25, 0.3) is 104 Å². The summed E-state index contributed by atoms with van der Waals surface area (Å²) in [5.41, 5.74) is 15.5. The van der Waals surface area contributed by atoms with E-state index in [9.17, 15) is 0 Å². The highest BCUT2D eigenvalue weighted by Crippen LogP contribution is 2.45. The molecule has 0 atom stereocenters. The molecule has 2 aromatic heterocycles. The Bertz CT molecular complexity index is 3900. The zero-order valence-electron chi connectivity index (χ0n) is 35.4. The minimum Gasteiger partial charge on any atom is -0.455 e. The van der Waals surface area contributed by atoms with Crippen LogP contribution in [-0.2, 0) is 0 Å². The van der Waals surface area contributed by atoms with E-state index in [4.69, 9.17) is 4.42 Å². The Morgan fingerprint density at radius 2 is 0.877 bits per heavy atom. The van der Waals surface area contributed by atoms with Gasteiger partial charge in [0.15, 0.2) is 0 Å². The molecule has 0 amide bonds. The van der Waals surface area contributed by atoms with Gasteiger partial charge in [0, 0.05) is 49.4 Å². The normalized spacial score (nSPS) is 11.7. The molecule has 0 aliphatic heterocycles. The Labute approximate surface area is 376 Å². The third-order valence-corrected chi connectivity index (χ3v) is 13.2. The van der Waals surface area contributed by atoms with Gasteiger partial charge in [-0.05, 0) is 93.0 Å². The van der Waals surface area contributed by atoms with Crippen molar-refractivity contribution in [3.63, 3.8) is 0 Å². The van der Waals surface area contributed by atoms with E-state index in [2.05, 4.69) is 240 Å². The average Bonchev–Trinajstić information content (AvgIpc) is 3.93. The van der Waals surface area contributed by atoms with Crippen LogP contribution in [0.2, 0.25) is 0 Å². The summed E-state index contributed by atoms with van der Waals surface area (Å²) in [5, 5.41) is 9.66. The molecule has 304 valence electrons. The topological polar surface area (TPSA) is 21.3 Å². The first-order valence-corrected chi connectivity index (χ1v) is 22.2. The number of aromatic nitrogens is 1. The summed E-state index contributed by atoms with van der Waals surface area (Å²) in [7, 11) is 0. The number of hydrogen-bond donors (Lipinski definition) is 0. The van der Waals surface area contributed by atoms with Gasteiger partial charge in [0.05, 0.1) is 22.4 Å². The number of para-hydroxylation sites is 5. The summed E-state index contributed by atoms with van der Waals surface area (Å²) in [4.78, 5) is 2.43. The van der Waals surface area contributed by atoms with Crippen molar-refractivity contribution in [2.75, 3.05) is 4.90 Å². The first kappa shape index (κ1) is 36.9. The zero-order chi connectivity index (χ0) is 42.8. The van der Waals surface area contributed by atoms with Crippen LogP contribution in [0, 0.1) is 0 Å². The van der Waals surface area contributed by atoms with Gasteiger partial charge in [0.25, 0.3) is 0 Å². The zero-order valence-corrected chi connectivity index (χ0v) is 35.4. The summed E-state index contributed by atoms with van der Waals surface area (Å²) in [6.07, 6.45) is 0. The Hall–Kier alpha value is -8.66. The van der Waals surface area contributed by atoms with Gasteiger partial charge in [-0.1, -0.05) is 188 Å². The van der Waals surface area contributed by atoms with Gasteiger partial charge in [-0.3, -0.25) is 0 Å². The predicted octanol–water partition coefficient (Wildman–Crippen LogP) is 17.5. The molecule has 0 saturated heterocycles. The number of furan rings is 1. The fourth-order valence-corrected chi connectivity index (χ4v) is 10.2. The Balaban J connectivity index is 0.936. The summed E-state index contributed by atoms with van der Waals surface area (Å²) in [6.45, 7) is 0. The fourth-order valence-electron chi connectivity index (χ4n) is 10.2. The molecule has 0 radical (unpaired) electrons. The van der Waals surface area contributed by atoms with Gasteiger partial charge >= 0.3 is 0 Å². The van der Waals surface area contributed by atoms with Crippen molar-refractivity contribution in [2.45, 2.75) is 0 Å². The van der Waals surface area contributed by atoms with E-state index in [1.54, 1.807) is 0 Å². The minimum absolute atomic E-state index is 0.910. The van der Waals surface area contributed by atoms with Crippen LogP contribution in [0.4, 0.5) is 17.1 Å². The number of benzene rings is 11. The molecule has 0 aliphatic carbocycles. The number of hydrogen-bond acceptors (Lipinski definition) is 2. The Morgan fingerprint density at radius 3 is 1.65 bits per heavy atom. The van der Waals surface area contributed by atoms with Crippen molar-refractivity contribution >= 4 is 82.4 Å². The Kier molecular flexibility index (Phi) is 8.53. The average molecular weight is 829 g/mol. The van der Waals surface area contributed by atoms with Gasteiger partial charge < -0.3 is 13.9 Å². The molecule has 11 aromatic carbocycles. The van der Waals surface area contributed by atoms with Crippen molar-refractivity contribution in [2.24, 2.45) is 0 Å². The molecule has 13 aromatic rings. The van der Waals surface area contributed by atoms with Gasteiger partial charge in [0.1, 0.15) is 11.2 Å². The van der Waals surface area contributed by atoms with E-state index in [-0.39, 0.29) is 0 Å². The predicted molar refractivity (Wildman–Crippen MR) is 274 cm³/mol. The van der Waals surface area contributed by atoms with Gasteiger partial charge in [-0.2, -0.15) is 0 Å². The SMILES string of the molecule is c1cc(-c2ccccc2-n2c3ccccc3c3ccccc32)cc(N(c2ccc(-c3ccc(-c4cccc5c4oc4ccccc45)cc3)cc2)c2cc3ccccc3c3ccccc23)c1. The molecule has 0 fully saturated rings. The second kappa shape index (κ2) is 15.0. The second-order valence-corrected chi connectivity index (χ2v) is 16.8. The quantitative estimate of drug-likeness (QED) is 0.149. The highest BCUT2D eigenvalue weighted by Gasteiger charge is 2.20. The first-order chi connectivity index (χ1) is 32.2. The molecule has 0 unspecified atom stereocenters. The molecular formula is C62H40N2O. The third kappa shape index (κ3) is 6.05. The van der Waals surface area contributed by atoms with Crippen LogP contribution >= 0.6 is 0 Å². The molecule has 0 saturated carbocycles. The molecule has 3 heteroatoms. The summed E-state index contributed by atoms with van der Waals surface area (Å²) < 4.78 is 8.81. The van der Waals surface area contributed by atoms with Crippen molar-refractivity contribution in [3.8, 4) is 39.1 Å². The number of nitrogens with zero attached hydrogens (tertiary/aromatic N) is 2. The van der Waals surface area contributed by atoms with Crippen LogP contribution < -0.4 is 4.90 Å². The molecule has 0 aliphatic rings.